The molecular formula is C23H25N5. The quantitative estimate of drug-likeness (QED) is 0.759. The van der Waals surface area contributed by atoms with Gasteiger partial charge in [-0.1, -0.05) is 24.3 Å². The van der Waals surface area contributed by atoms with Crippen LogP contribution in [0.15, 0.2) is 48.7 Å². The average Bonchev–Trinajstić information content (AvgIpc) is 2.73. The molecule has 1 aromatic heterocycles. The van der Waals surface area contributed by atoms with E-state index in [4.69, 9.17) is 10.7 Å². The van der Waals surface area contributed by atoms with Gasteiger partial charge in [-0.15, -0.1) is 0 Å². The molecule has 0 aliphatic carbocycles. The lowest BCUT2D eigenvalue weighted by molar-refractivity contribution is 0.499. The van der Waals surface area contributed by atoms with E-state index in [1.54, 1.807) is 0 Å². The fourth-order valence-corrected chi connectivity index (χ4v) is 3.89. The molecule has 28 heavy (non-hydrogen) atoms. The molecular weight excluding hydrogens is 346 g/mol. The van der Waals surface area contributed by atoms with Gasteiger partial charge in [-0.2, -0.15) is 5.26 Å². The third kappa shape index (κ3) is 3.28. The molecule has 1 aliphatic rings. The van der Waals surface area contributed by atoms with Crippen molar-refractivity contribution in [3.05, 3.63) is 54.2 Å². The lowest BCUT2D eigenvalue weighted by Crippen LogP contribution is -2.40. The summed E-state index contributed by atoms with van der Waals surface area (Å²) >= 11 is 0. The number of hydrogen-bond donors (Lipinski definition) is 1. The van der Waals surface area contributed by atoms with Gasteiger partial charge in [0.2, 0.25) is 0 Å². The Kier molecular flexibility index (Phi) is 4.89. The predicted octanol–water partition coefficient (Wildman–Crippen LogP) is 3.77. The molecule has 0 amide bonds. The Morgan fingerprint density at radius 3 is 2.46 bits per heavy atom. The van der Waals surface area contributed by atoms with Crippen LogP contribution in [-0.2, 0) is 0 Å². The van der Waals surface area contributed by atoms with Crippen molar-refractivity contribution >= 4 is 22.3 Å². The van der Waals surface area contributed by atoms with Crippen LogP contribution < -0.4 is 15.5 Å². The predicted molar refractivity (Wildman–Crippen MR) is 116 cm³/mol. The van der Waals surface area contributed by atoms with Crippen LogP contribution in [0.2, 0.25) is 0 Å². The molecule has 1 fully saturated rings. The molecule has 0 spiro atoms. The number of aromatic nitrogens is 1. The van der Waals surface area contributed by atoms with E-state index in [0.29, 0.717) is 5.56 Å². The Morgan fingerprint density at radius 1 is 1.11 bits per heavy atom. The maximum atomic E-state index is 9.74. The molecule has 2 aromatic carbocycles. The van der Waals surface area contributed by atoms with E-state index in [9.17, 15) is 5.26 Å². The van der Waals surface area contributed by atoms with Crippen LogP contribution in [0.3, 0.4) is 0 Å². The highest BCUT2D eigenvalue weighted by atomic mass is 15.2. The Labute approximate surface area is 166 Å². The molecule has 0 saturated carbocycles. The Morgan fingerprint density at radius 2 is 1.82 bits per heavy atom. The first kappa shape index (κ1) is 18.3. The van der Waals surface area contributed by atoms with Crippen LogP contribution in [-0.4, -0.2) is 38.2 Å². The summed E-state index contributed by atoms with van der Waals surface area (Å²) in [5.41, 5.74) is 10.0. The summed E-state index contributed by atoms with van der Waals surface area (Å²) in [6, 6.07) is 17.0. The van der Waals surface area contributed by atoms with Gasteiger partial charge in [0.15, 0.2) is 0 Å². The van der Waals surface area contributed by atoms with E-state index < -0.39 is 0 Å². The molecule has 5 nitrogen and oxygen atoms in total. The molecule has 0 atom stereocenters. The van der Waals surface area contributed by atoms with Gasteiger partial charge in [-0.05, 0) is 42.0 Å². The summed E-state index contributed by atoms with van der Waals surface area (Å²) in [5.74, 6) is 0.896. The van der Waals surface area contributed by atoms with Gasteiger partial charge in [0.05, 0.1) is 11.6 Å². The van der Waals surface area contributed by atoms with Crippen LogP contribution in [0, 0.1) is 11.3 Å². The zero-order valence-electron chi connectivity index (χ0n) is 16.4. The zero-order chi connectivity index (χ0) is 19.7. The van der Waals surface area contributed by atoms with E-state index in [2.05, 4.69) is 46.2 Å². The van der Waals surface area contributed by atoms with E-state index in [-0.39, 0.29) is 6.04 Å². The van der Waals surface area contributed by atoms with Crippen molar-refractivity contribution in [3.8, 4) is 17.2 Å². The molecule has 0 unspecified atom stereocenters. The van der Waals surface area contributed by atoms with Crippen molar-refractivity contribution in [2.45, 2.75) is 18.9 Å². The summed E-state index contributed by atoms with van der Waals surface area (Å²) in [4.78, 5) is 9.17. The van der Waals surface area contributed by atoms with E-state index in [0.717, 1.165) is 59.3 Å². The lowest BCUT2D eigenvalue weighted by atomic mass is 9.96. The van der Waals surface area contributed by atoms with Gasteiger partial charge in [0, 0.05) is 56.1 Å². The molecule has 0 bridgehead atoms. The van der Waals surface area contributed by atoms with E-state index >= 15 is 0 Å². The van der Waals surface area contributed by atoms with Crippen LogP contribution in [0.4, 0.5) is 11.5 Å². The van der Waals surface area contributed by atoms with Crippen molar-refractivity contribution in [2.24, 2.45) is 5.73 Å². The van der Waals surface area contributed by atoms with Gasteiger partial charge in [-0.3, -0.25) is 0 Å². The minimum Gasteiger partial charge on any atom is -0.378 e. The lowest BCUT2D eigenvalue weighted by Gasteiger charge is -2.32. The molecule has 142 valence electrons. The average molecular weight is 371 g/mol. The first-order valence-corrected chi connectivity index (χ1v) is 9.68. The normalized spacial score (nSPS) is 14.9. The maximum absolute atomic E-state index is 9.74. The molecule has 1 aliphatic heterocycles. The highest BCUT2D eigenvalue weighted by Gasteiger charge is 2.21. The van der Waals surface area contributed by atoms with Gasteiger partial charge in [-0.25, -0.2) is 4.98 Å². The van der Waals surface area contributed by atoms with Crippen molar-refractivity contribution in [2.75, 3.05) is 37.0 Å². The highest BCUT2D eigenvalue weighted by Crippen LogP contribution is 2.36. The van der Waals surface area contributed by atoms with E-state index in [1.165, 1.54) is 0 Å². The van der Waals surface area contributed by atoms with Gasteiger partial charge in [0.25, 0.3) is 0 Å². The van der Waals surface area contributed by atoms with Crippen molar-refractivity contribution in [1.29, 1.82) is 5.26 Å². The monoisotopic (exact) mass is 371 g/mol. The molecule has 4 rings (SSSR count). The fourth-order valence-electron chi connectivity index (χ4n) is 3.89. The van der Waals surface area contributed by atoms with Crippen LogP contribution in [0.25, 0.3) is 21.9 Å². The molecule has 2 heterocycles. The van der Waals surface area contributed by atoms with Gasteiger partial charge in [0.1, 0.15) is 5.82 Å². The van der Waals surface area contributed by atoms with E-state index in [1.807, 2.05) is 32.4 Å². The number of rotatable bonds is 3. The third-order valence-corrected chi connectivity index (χ3v) is 5.55. The topological polar surface area (TPSA) is 69.2 Å². The second-order valence-corrected chi connectivity index (χ2v) is 7.60. The fraction of sp³-hybridized carbons (Fsp3) is 0.304. The molecule has 2 N–H and O–H groups in total. The summed E-state index contributed by atoms with van der Waals surface area (Å²) in [7, 11) is 4.06. The number of fused-ring (bicyclic) bond motifs is 1. The summed E-state index contributed by atoms with van der Waals surface area (Å²) in [5, 5.41) is 11.7. The second-order valence-electron chi connectivity index (χ2n) is 7.60. The summed E-state index contributed by atoms with van der Waals surface area (Å²) in [6.07, 6.45) is 3.84. The van der Waals surface area contributed by atoms with Crippen molar-refractivity contribution in [3.63, 3.8) is 0 Å². The Bertz CT molecular complexity index is 1030. The zero-order valence-corrected chi connectivity index (χ0v) is 16.4. The number of pyridine rings is 1. The Balaban J connectivity index is 1.86. The number of benzene rings is 2. The second kappa shape index (κ2) is 7.49. The summed E-state index contributed by atoms with van der Waals surface area (Å²) in [6.45, 7) is 1.75. The van der Waals surface area contributed by atoms with Crippen molar-refractivity contribution in [1.82, 2.24) is 4.98 Å². The standard InChI is InChI=1S/C23H25N5/c1-27(2)19-8-6-16(7-9-19)21-15-26-23(28-12-10-18(25)11-13-28)22-17(14-24)4-3-5-20(21)22/h3-9,15,18H,10-13,25H2,1-2H3. The smallest absolute Gasteiger partial charge is 0.137 e. The minimum atomic E-state index is 0.257. The molecule has 0 radical (unpaired) electrons. The number of piperidine rings is 1. The molecule has 3 aromatic rings. The molecule has 1 saturated heterocycles. The van der Waals surface area contributed by atoms with Crippen LogP contribution in [0.5, 0.6) is 0 Å². The molecule has 5 heteroatoms. The first-order chi connectivity index (χ1) is 13.6. The van der Waals surface area contributed by atoms with Gasteiger partial charge >= 0.3 is 0 Å². The summed E-state index contributed by atoms with van der Waals surface area (Å²) < 4.78 is 0. The number of nitriles is 1. The SMILES string of the molecule is CN(C)c1ccc(-c2cnc(N3CCC(N)CC3)c3c(C#N)cccc23)cc1. The first-order valence-electron chi connectivity index (χ1n) is 9.68. The van der Waals surface area contributed by atoms with Crippen molar-refractivity contribution < 1.29 is 0 Å². The third-order valence-electron chi connectivity index (χ3n) is 5.55. The largest absolute Gasteiger partial charge is 0.378 e. The van der Waals surface area contributed by atoms with Crippen LogP contribution >= 0.6 is 0 Å². The number of nitrogens with zero attached hydrogens (tertiary/aromatic N) is 4. The highest BCUT2D eigenvalue weighted by molar-refractivity contribution is 6.05. The maximum Gasteiger partial charge on any atom is 0.137 e. The Hall–Kier alpha value is -3.10. The van der Waals surface area contributed by atoms with Crippen LogP contribution in [0.1, 0.15) is 18.4 Å². The van der Waals surface area contributed by atoms with Gasteiger partial charge < -0.3 is 15.5 Å². The number of hydrogen-bond acceptors (Lipinski definition) is 5. The minimum absolute atomic E-state index is 0.257. The number of anilines is 2. The number of nitrogens with two attached hydrogens (primary N) is 1.